The Labute approximate surface area is 145 Å². The number of carbonyl (C=O) groups is 2. The molecule has 136 valence electrons. The van der Waals surface area contributed by atoms with Gasteiger partial charge in [-0.2, -0.15) is 0 Å². The molecule has 0 bridgehead atoms. The van der Waals surface area contributed by atoms with Crippen LogP contribution in [0.4, 0.5) is 4.79 Å². The van der Waals surface area contributed by atoms with Crippen molar-refractivity contribution in [3.8, 4) is 0 Å². The van der Waals surface area contributed by atoms with Gasteiger partial charge in [0.15, 0.2) is 0 Å². The first-order valence-electron chi connectivity index (χ1n) is 9.79. The fourth-order valence-corrected chi connectivity index (χ4v) is 4.21. The van der Waals surface area contributed by atoms with E-state index in [1.165, 1.54) is 19.3 Å². The van der Waals surface area contributed by atoms with Gasteiger partial charge in [-0.25, -0.2) is 4.79 Å². The van der Waals surface area contributed by atoms with Crippen molar-refractivity contribution in [1.29, 1.82) is 0 Å². The highest BCUT2D eigenvalue weighted by molar-refractivity contribution is 5.82. The van der Waals surface area contributed by atoms with Crippen LogP contribution in [0.1, 0.15) is 57.8 Å². The average molecular weight is 336 g/mol. The number of nitrogens with zero attached hydrogens (tertiary/aromatic N) is 1. The van der Waals surface area contributed by atoms with Gasteiger partial charge in [0.25, 0.3) is 0 Å². The smallest absolute Gasteiger partial charge is 0.317 e. The lowest BCUT2D eigenvalue weighted by atomic mass is 9.95. The molecule has 0 radical (unpaired) electrons. The molecule has 3 fully saturated rings. The molecule has 3 aliphatic rings. The Bertz CT molecular complexity index is 431. The second-order valence-electron chi connectivity index (χ2n) is 7.63. The molecule has 24 heavy (non-hydrogen) atoms. The third-order valence-corrected chi connectivity index (χ3v) is 5.68. The highest BCUT2D eigenvalue weighted by atomic mass is 16.2. The minimum absolute atomic E-state index is 0.0145. The minimum atomic E-state index is -0.0145. The molecule has 0 spiro atoms. The molecule has 2 unspecified atom stereocenters. The van der Waals surface area contributed by atoms with Crippen molar-refractivity contribution in [2.75, 3.05) is 26.2 Å². The number of piperidine rings is 1. The van der Waals surface area contributed by atoms with Crippen LogP contribution in [0, 0.1) is 5.92 Å². The Kier molecular flexibility index (Phi) is 6.35. The second-order valence-corrected chi connectivity index (χ2v) is 7.63. The summed E-state index contributed by atoms with van der Waals surface area (Å²) in [5.41, 5.74) is 0. The van der Waals surface area contributed by atoms with Crippen LogP contribution >= 0.6 is 0 Å². The summed E-state index contributed by atoms with van der Waals surface area (Å²) in [6.07, 6.45) is 10.1. The standard InChI is InChI=1S/C18H32N4O2/c23-17(16-9-4-10-19-16)20-12-14-6-5-11-22(13-14)18(24)21-15-7-2-1-3-8-15/h14-16,19H,1-13H2,(H,20,23)(H,21,24). The molecule has 2 atom stereocenters. The third kappa shape index (κ3) is 4.85. The van der Waals surface area contributed by atoms with Gasteiger partial charge in [-0.3, -0.25) is 4.79 Å². The number of rotatable bonds is 4. The van der Waals surface area contributed by atoms with Crippen molar-refractivity contribution in [2.24, 2.45) is 5.92 Å². The largest absolute Gasteiger partial charge is 0.354 e. The summed E-state index contributed by atoms with van der Waals surface area (Å²) in [5, 5.41) is 9.51. The molecule has 2 saturated heterocycles. The zero-order valence-electron chi connectivity index (χ0n) is 14.7. The van der Waals surface area contributed by atoms with Gasteiger partial charge in [0.2, 0.25) is 5.91 Å². The number of hydrogen-bond donors (Lipinski definition) is 3. The van der Waals surface area contributed by atoms with Crippen LogP contribution in [-0.4, -0.2) is 55.1 Å². The average Bonchev–Trinajstić information content (AvgIpc) is 3.15. The molecule has 3 amide bonds. The second kappa shape index (κ2) is 8.70. The van der Waals surface area contributed by atoms with Gasteiger partial charge in [0.05, 0.1) is 6.04 Å². The third-order valence-electron chi connectivity index (χ3n) is 5.68. The van der Waals surface area contributed by atoms with Gasteiger partial charge in [-0.05, 0) is 51.0 Å². The quantitative estimate of drug-likeness (QED) is 0.730. The lowest BCUT2D eigenvalue weighted by molar-refractivity contribution is -0.123. The van der Waals surface area contributed by atoms with E-state index in [2.05, 4.69) is 16.0 Å². The molecule has 2 heterocycles. The Morgan fingerprint density at radius 3 is 2.58 bits per heavy atom. The first kappa shape index (κ1) is 17.5. The Hall–Kier alpha value is -1.30. The van der Waals surface area contributed by atoms with E-state index in [0.717, 1.165) is 58.2 Å². The van der Waals surface area contributed by atoms with Crippen molar-refractivity contribution in [2.45, 2.75) is 69.9 Å². The van der Waals surface area contributed by atoms with E-state index in [9.17, 15) is 9.59 Å². The molecule has 1 aliphatic carbocycles. The van der Waals surface area contributed by atoms with E-state index in [4.69, 9.17) is 0 Å². The summed E-state index contributed by atoms with van der Waals surface area (Å²) in [5.74, 6) is 0.498. The highest BCUT2D eigenvalue weighted by Gasteiger charge is 2.27. The fourth-order valence-electron chi connectivity index (χ4n) is 4.21. The van der Waals surface area contributed by atoms with Gasteiger partial charge in [-0.1, -0.05) is 19.3 Å². The lowest BCUT2D eigenvalue weighted by Crippen LogP contribution is -2.51. The molecular weight excluding hydrogens is 304 g/mol. The summed E-state index contributed by atoms with van der Waals surface area (Å²) in [6.45, 7) is 3.23. The first-order chi connectivity index (χ1) is 11.7. The Morgan fingerprint density at radius 2 is 1.83 bits per heavy atom. The van der Waals surface area contributed by atoms with Crippen LogP contribution < -0.4 is 16.0 Å². The van der Waals surface area contributed by atoms with Gasteiger partial charge < -0.3 is 20.9 Å². The van der Waals surface area contributed by atoms with Crippen LogP contribution in [-0.2, 0) is 4.79 Å². The zero-order chi connectivity index (χ0) is 16.8. The summed E-state index contributed by atoms with van der Waals surface area (Å²) in [4.78, 5) is 26.5. The highest BCUT2D eigenvalue weighted by Crippen LogP contribution is 2.19. The molecule has 0 aromatic carbocycles. The predicted molar refractivity (Wildman–Crippen MR) is 93.7 cm³/mol. The monoisotopic (exact) mass is 336 g/mol. The van der Waals surface area contributed by atoms with Crippen LogP contribution in [0.15, 0.2) is 0 Å². The van der Waals surface area contributed by atoms with E-state index >= 15 is 0 Å². The number of urea groups is 1. The number of carbonyl (C=O) groups excluding carboxylic acids is 2. The Morgan fingerprint density at radius 1 is 1.00 bits per heavy atom. The summed E-state index contributed by atoms with van der Waals surface area (Å²) >= 11 is 0. The molecule has 3 rings (SSSR count). The summed E-state index contributed by atoms with van der Waals surface area (Å²) in [7, 11) is 0. The van der Waals surface area contributed by atoms with E-state index in [-0.39, 0.29) is 18.0 Å². The zero-order valence-corrected chi connectivity index (χ0v) is 14.7. The van der Waals surface area contributed by atoms with Crippen molar-refractivity contribution in [3.63, 3.8) is 0 Å². The fraction of sp³-hybridized carbons (Fsp3) is 0.889. The van der Waals surface area contributed by atoms with Crippen molar-refractivity contribution in [3.05, 3.63) is 0 Å². The number of nitrogens with one attached hydrogen (secondary N) is 3. The molecule has 6 nitrogen and oxygen atoms in total. The molecular formula is C18H32N4O2. The van der Waals surface area contributed by atoms with Crippen LogP contribution in [0.5, 0.6) is 0 Å². The van der Waals surface area contributed by atoms with Crippen LogP contribution in [0.2, 0.25) is 0 Å². The van der Waals surface area contributed by atoms with Crippen molar-refractivity contribution in [1.82, 2.24) is 20.9 Å². The molecule has 0 aromatic rings. The number of hydrogen-bond acceptors (Lipinski definition) is 3. The van der Waals surface area contributed by atoms with Crippen molar-refractivity contribution < 1.29 is 9.59 Å². The van der Waals surface area contributed by atoms with E-state index in [1.807, 2.05) is 4.90 Å². The predicted octanol–water partition coefficient (Wildman–Crippen LogP) is 1.61. The minimum Gasteiger partial charge on any atom is -0.354 e. The van der Waals surface area contributed by atoms with E-state index < -0.39 is 0 Å². The topological polar surface area (TPSA) is 73.5 Å². The maximum absolute atomic E-state index is 12.5. The maximum Gasteiger partial charge on any atom is 0.317 e. The maximum atomic E-state index is 12.5. The van der Waals surface area contributed by atoms with Gasteiger partial charge >= 0.3 is 6.03 Å². The van der Waals surface area contributed by atoms with E-state index in [0.29, 0.717) is 18.5 Å². The SMILES string of the molecule is O=C(NCC1CCCN(C(=O)NC2CCCCC2)C1)C1CCCN1. The van der Waals surface area contributed by atoms with Crippen molar-refractivity contribution >= 4 is 11.9 Å². The number of likely N-dealkylation sites (tertiary alicyclic amines) is 1. The molecule has 0 aromatic heterocycles. The summed E-state index contributed by atoms with van der Waals surface area (Å²) in [6, 6.07) is 0.439. The number of amides is 3. The summed E-state index contributed by atoms with van der Waals surface area (Å²) < 4.78 is 0. The Balaban J connectivity index is 1.40. The lowest BCUT2D eigenvalue weighted by Gasteiger charge is -2.34. The van der Waals surface area contributed by atoms with Crippen LogP contribution in [0.3, 0.4) is 0 Å². The van der Waals surface area contributed by atoms with Gasteiger partial charge in [0, 0.05) is 25.7 Å². The van der Waals surface area contributed by atoms with E-state index in [1.54, 1.807) is 0 Å². The van der Waals surface area contributed by atoms with Gasteiger partial charge in [-0.15, -0.1) is 0 Å². The molecule has 6 heteroatoms. The molecule has 2 aliphatic heterocycles. The molecule has 1 saturated carbocycles. The normalized spacial score (nSPS) is 28.6. The first-order valence-corrected chi connectivity index (χ1v) is 9.79. The van der Waals surface area contributed by atoms with Gasteiger partial charge in [0.1, 0.15) is 0 Å². The molecule has 3 N–H and O–H groups in total. The van der Waals surface area contributed by atoms with Crippen LogP contribution in [0.25, 0.3) is 0 Å².